The van der Waals surface area contributed by atoms with Crippen molar-refractivity contribution in [2.45, 2.75) is 13.2 Å². The third-order valence-electron chi connectivity index (χ3n) is 2.53. The van der Waals surface area contributed by atoms with Crippen molar-refractivity contribution in [3.63, 3.8) is 0 Å². The zero-order chi connectivity index (χ0) is 13.3. The third kappa shape index (κ3) is 5.31. The number of ether oxygens (including phenoxy) is 1. The van der Waals surface area contributed by atoms with Gasteiger partial charge in [0.1, 0.15) is 6.61 Å². The zero-order valence-corrected chi connectivity index (χ0v) is 11.5. The minimum atomic E-state index is -1.77. The van der Waals surface area contributed by atoms with Crippen LogP contribution in [-0.4, -0.2) is 6.35 Å². The van der Waals surface area contributed by atoms with E-state index in [0.717, 1.165) is 11.1 Å². The first-order chi connectivity index (χ1) is 9.34. The predicted octanol–water partition coefficient (Wildman–Crippen LogP) is 4.12. The summed E-state index contributed by atoms with van der Waals surface area (Å²) < 4.78 is 22.2. The summed E-state index contributed by atoms with van der Waals surface area (Å²) in [4.78, 5) is 0. The number of rotatable bonds is 7. The van der Waals surface area contributed by atoms with Gasteiger partial charge in [-0.05, 0) is 15.7 Å². The Balaban J connectivity index is 1.65. The van der Waals surface area contributed by atoms with E-state index in [9.17, 15) is 4.57 Å². The molecule has 0 saturated heterocycles. The molecule has 3 nitrogen and oxygen atoms in total. The normalized spacial score (nSPS) is 11.3. The molecule has 1 atom stereocenters. The van der Waals surface area contributed by atoms with Gasteiger partial charge in [-0.15, -0.1) is 4.52 Å². The number of benzene rings is 2. The van der Waals surface area contributed by atoms with Crippen molar-refractivity contribution in [1.82, 2.24) is 0 Å². The van der Waals surface area contributed by atoms with E-state index in [4.69, 9.17) is 9.26 Å². The molecular weight excluding hydrogens is 259 g/mol. The van der Waals surface area contributed by atoms with E-state index < -0.39 is 8.03 Å². The summed E-state index contributed by atoms with van der Waals surface area (Å²) in [5.41, 5.74) is 2.07. The first-order valence-electron chi connectivity index (χ1n) is 6.08. The topological polar surface area (TPSA) is 35.5 Å². The second-order valence-corrected chi connectivity index (χ2v) is 5.24. The quantitative estimate of drug-likeness (QED) is 0.713. The molecule has 0 bridgehead atoms. The second-order valence-electron chi connectivity index (χ2n) is 4.05. The standard InChI is InChI=1S/C15H16O3P/c16-19(18-12-15-9-5-2-6-10-15)13-17-11-14-7-3-1-4-8-14/h1-10H,11-13H2/q+1. The van der Waals surface area contributed by atoms with E-state index in [1.54, 1.807) is 0 Å². The van der Waals surface area contributed by atoms with Crippen LogP contribution in [0.4, 0.5) is 0 Å². The van der Waals surface area contributed by atoms with E-state index in [2.05, 4.69) is 0 Å². The van der Waals surface area contributed by atoms with Crippen LogP contribution >= 0.6 is 8.03 Å². The largest absolute Gasteiger partial charge is 0.537 e. The monoisotopic (exact) mass is 275 g/mol. The van der Waals surface area contributed by atoms with Crippen LogP contribution in [-0.2, 0) is 27.0 Å². The Hall–Kier alpha value is -1.54. The maximum atomic E-state index is 11.6. The van der Waals surface area contributed by atoms with E-state index in [1.165, 1.54) is 0 Å². The van der Waals surface area contributed by atoms with Crippen LogP contribution in [0.25, 0.3) is 0 Å². The fraction of sp³-hybridized carbons (Fsp3) is 0.200. The molecule has 2 rings (SSSR count). The molecule has 0 fully saturated rings. The highest BCUT2D eigenvalue weighted by Gasteiger charge is 2.17. The van der Waals surface area contributed by atoms with Crippen molar-refractivity contribution in [3.8, 4) is 0 Å². The first kappa shape index (κ1) is 13.9. The van der Waals surface area contributed by atoms with Gasteiger partial charge in [-0.25, -0.2) is 0 Å². The molecule has 0 heterocycles. The van der Waals surface area contributed by atoms with Crippen molar-refractivity contribution in [1.29, 1.82) is 0 Å². The summed E-state index contributed by atoms with van der Waals surface area (Å²) in [6.07, 6.45) is 0.122. The molecule has 2 aromatic rings. The number of hydrogen-bond donors (Lipinski definition) is 0. The van der Waals surface area contributed by atoms with Crippen LogP contribution in [0.5, 0.6) is 0 Å². The molecular formula is C15H16O3P+. The van der Waals surface area contributed by atoms with Crippen LogP contribution in [0.1, 0.15) is 11.1 Å². The third-order valence-corrected chi connectivity index (χ3v) is 3.34. The Labute approximate surface area is 114 Å². The lowest BCUT2D eigenvalue weighted by atomic mass is 10.2. The molecule has 0 spiro atoms. The first-order valence-corrected chi connectivity index (χ1v) is 7.44. The maximum absolute atomic E-state index is 11.6. The van der Waals surface area contributed by atoms with E-state index >= 15 is 0 Å². The summed E-state index contributed by atoms with van der Waals surface area (Å²) in [7, 11) is -1.77. The summed E-state index contributed by atoms with van der Waals surface area (Å²) in [6.45, 7) is 0.807. The number of hydrogen-bond acceptors (Lipinski definition) is 3. The van der Waals surface area contributed by atoms with Gasteiger partial charge in [-0.2, -0.15) is 0 Å². The molecule has 0 N–H and O–H groups in total. The minimum absolute atomic E-state index is 0.122. The Morgan fingerprint density at radius 1 is 0.789 bits per heavy atom. The molecule has 2 aromatic carbocycles. The van der Waals surface area contributed by atoms with Crippen molar-refractivity contribution in [2.24, 2.45) is 0 Å². The molecule has 4 heteroatoms. The molecule has 0 radical (unpaired) electrons. The van der Waals surface area contributed by atoms with Crippen LogP contribution in [0.15, 0.2) is 60.7 Å². The van der Waals surface area contributed by atoms with Gasteiger partial charge in [0, 0.05) is 0 Å². The van der Waals surface area contributed by atoms with E-state index in [1.807, 2.05) is 60.7 Å². The van der Waals surface area contributed by atoms with Crippen LogP contribution in [0.2, 0.25) is 0 Å². The summed E-state index contributed by atoms with van der Waals surface area (Å²) in [6, 6.07) is 19.5. The van der Waals surface area contributed by atoms with Crippen LogP contribution in [0, 0.1) is 0 Å². The predicted molar refractivity (Wildman–Crippen MR) is 74.9 cm³/mol. The molecule has 0 aliphatic carbocycles. The summed E-state index contributed by atoms with van der Waals surface area (Å²) >= 11 is 0. The highest BCUT2D eigenvalue weighted by molar-refractivity contribution is 7.38. The smallest absolute Gasteiger partial charge is 0.330 e. The molecule has 0 aliphatic heterocycles. The minimum Gasteiger partial charge on any atom is -0.330 e. The average molecular weight is 275 g/mol. The van der Waals surface area contributed by atoms with Crippen molar-refractivity contribution in [3.05, 3.63) is 71.8 Å². The van der Waals surface area contributed by atoms with Gasteiger partial charge in [0.25, 0.3) is 6.35 Å². The molecule has 0 aromatic heterocycles. The molecule has 0 saturated carbocycles. The van der Waals surface area contributed by atoms with E-state index in [0.29, 0.717) is 13.2 Å². The molecule has 0 aliphatic rings. The lowest BCUT2D eigenvalue weighted by Gasteiger charge is -1.98. The van der Waals surface area contributed by atoms with Crippen molar-refractivity contribution in [2.75, 3.05) is 6.35 Å². The van der Waals surface area contributed by atoms with Crippen molar-refractivity contribution < 1.29 is 13.8 Å². The summed E-state index contributed by atoms with van der Waals surface area (Å²) in [5.74, 6) is 0. The van der Waals surface area contributed by atoms with Crippen LogP contribution in [0.3, 0.4) is 0 Å². The Morgan fingerprint density at radius 2 is 1.32 bits per heavy atom. The highest BCUT2D eigenvalue weighted by Crippen LogP contribution is 2.24. The second kappa shape index (κ2) is 7.80. The Kier molecular flexibility index (Phi) is 5.70. The fourth-order valence-corrected chi connectivity index (χ4v) is 2.18. The molecule has 19 heavy (non-hydrogen) atoms. The lowest BCUT2D eigenvalue weighted by Crippen LogP contribution is -1.94. The SMILES string of the molecule is O=[P+](COCc1ccccc1)OCc1ccccc1. The van der Waals surface area contributed by atoms with Crippen molar-refractivity contribution >= 4 is 8.03 Å². The maximum Gasteiger partial charge on any atom is 0.537 e. The van der Waals surface area contributed by atoms with Gasteiger partial charge in [-0.1, -0.05) is 60.7 Å². The zero-order valence-electron chi connectivity index (χ0n) is 10.6. The molecule has 1 unspecified atom stereocenters. The van der Waals surface area contributed by atoms with Gasteiger partial charge in [0.2, 0.25) is 0 Å². The molecule has 0 amide bonds. The summed E-state index contributed by atoms with van der Waals surface area (Å²) in [5, 5.41) is 0. The highest BCUT2D eigenvalue weighted by atomic mass is 31.1. The molecule has 98 valence electrons. The van der Waals surface area contributed by atoms with Gasteiger partial charge >= 0.3 is 8.03 Å². The van der Waals surface area contributed by atoms with Gasteiger partial charge < -0.3 is 4.74 Å². The average Bonchev–Trinajstić information content (AvgIpc) is 2.47. The Bertz CT molecular complexity index is 499. The van der Waals surface area contributed by atoms with Crippen LogP contribution < -0.4 is 0 Å². The lowest BCUT2D eigenvalue weighted by molar-refractivity contribution is 0.152. The van der Waals surface area contributed by atoms with E-state index in [-0.39, 0.29) is 6.35 Å². The van der Waals surface area contributed by atoms with Gasteiger partial charge in [-0.3, -0.25) is 0 Å². The fourth-order valence-electron chi connectivity index (χ4n) is 1.57. The van der Waals surface area contributed by atoms with Gasteiger partial charge in [0.15, 0.2) is 0 Å². The Morgan fingerprint density at radius 3 is 1.89 bits per heavy atom. The van der Waals surface area contributed by atoms with Gasteiger partial charge in [0.05, 0.1) is 6.61 Å².